The normalized spacial score (nSPS) is 10.6. The first-order chi connectivity index (χ1) is 9.08. The fraction of sp³-hybridized carbons (Fsp3) is 0.250. The van der Waals surface area contributed by atoms with Crippen molar-refractivity contribution in [1.82, 2.24) is 9.97 Å². The van der Waals surface area contributed by atoms with E-state index in [-0.39, 0.29) is 6.42 Å². The molecule has 0 saturated carbocycles. The van der Waals surface area contributed by atoms with Gasteiger partial charge in [0.1, 0.15) is 12.1 Å². The van der Waals surface area contributed by atoms with Crippen LogP contribution in [0.15, 0.2) is 18.5 Å². The minimum Gasteiger partial charge on any atom is -0.481 e. The van der Waals surface area contributed by atoms with E-state index in [0.29, 0.717) is 34.3 Å². The summed E-state index contributed by atoms with van der Waals surface area (Å²) in [5.41, 5.74) is 0.613. The molecule has 0 amide bonds. The number of carboxylic acid groups (broad SMARTS) is 1. The van der Waals surface area contributed by atoms with E-state index in [1.165, 1.54) is 6.33 Å². The smallest absolute Gasteiger partial charge is 0.303 e. The standard InChI is InChI=1S/C12H11Cl2N3O2/c13-7-4-8-11(9(14)5-7)16-6-17-12(8)15-3-1-2-10(18)19/h4-6H,1-3H2,(H,18,19)(H,15,16,17). The van der Waals surface area contributed by atoms with Crippen molar-refractivity contribution in [2.45, 2.75) is 12.8 Å². The van der Waals surface area contributed by atoms with Crippen LogP contribution in [0.5, 0.6) is 0 Å². The number of hydrogen-bond acceptors (Lipinski definition) is 4. The molecular formula is C12H11Cl2N3O2. The van der Waals surface area contributed by atoms with Gasteiger partial charge >= 0.3 is 5.97 Å². The lowest BCUT2D eigenvalue weighted by atomic mass is 10.2. The molecule has 0 aliphatic heterocycles. The van der Waals surface area contributed by atoms with Crippen molar-refractivity contribution < 1.29 is 9.90 Å². The van der Waals surface area contributed by atoms with Gasteiger partial charge in [-0.1, -0.05) is 23.2 Å². The van der Waals surface area contributed by atoms with Gasteiger partial charge in [0.2, 0.25) is 0 Å². The topological polar surface area (TPSA) is 75.1 Å². The van der Waals surface area contributed by atoms with Gasteiger partial charge in [-0.05, 0) is 18.6 Å². The predicted molar refractivity (Wildman–Crippen MR) is 74.9 cm³/mol. The number of benzene rings is 1. The van der Waals surface area contributed by atoms with Gasteiger partial charge in [0.25, 0.3) is 0 Å². The Hall–Kier alpha value is -1.59. The zero-order chi connectivity index (χ0) is 13.8. The van der Waals surface area contributed by atoms with Crippen molar-refractivity contribution in [3.8, 4) is 0 Å². The summed E-state index contributed by atoms with van der Waals surface area (Å²) in [4.78, 5) is 18.6. The molecule has 7 heteroatoms. The molecule has 2 N–H and O–H groups in total. The van der Waals surface area contributed by atoms with E-state index in [1.54, 1.807) is 12.1 Å². The Bertz CT molecular complexity index is 619. The maximum atomic E-state index is 10.4. The summed E-state index contributed by atoms with van der Waals surface area (Å²) in [6, 6.07) is 3.34. The molecule has 2 rings (SSSR count). The van der Waals surface area contributed by atoms with Crippen LogP contribution < -0.4 is 5.32 Å². The number of nitrogens with zero attached hydrogens (tertiary/aromatic N) is 2. The SMILES string of the molecule is O=C(O)CCCNc1ncnc2c(Cl)cc(Cl)cc12. The molecule has 0 radical (unpaired) electrons. The zero-order valence-corrected chi connectivity index (χ0v) is 11.4. The lowest BCUT2D eigenvalue weighted by Crippen LogP contribution is -2.06. The molecule has 0 bridgehead atoms. The Labute approximate surface area is 119 Å². The van der Waals surface area contributed by atoms with Crippen molar-refractivity contribution in [1.29, 1.82) is 0 Å². The van der Waals surface area contributed by atoms with Gasteiger partial charge in [0.15, 0.2) is 0 Å². The molecule has 0 atom stereocenters. The molecule has 0 aliphatic rings. The number of fused-ring (bicyclic) bond motifs is 1. The summed E-state index contributed by atoms with van der Waals surface area (Å²) >= 11 is 12.0. The molecule has 0 aliphatic carbocycles. The first kappa shape index (κ1) is 13.8. The number of carboxylic acids is 1. The highest BCUT2D eigenvalue weighted by molar-refractivity contribution is 6.38. The number of rotatable bonds is 5. The maximum absolute atomic E-state index is 10.4. The number of aromatic nitrogens is 2. The molecule has 1 heterocycles. The average molecular weight is 300 g/mol. The van der Waals surface area contributed by atoms with E-state index in [1.807, 2.05) is 0 Å². The van der Waals surface area contributed by atoms with Crippen LogP contribution in [0.1, 0.15) is 12.8 Å². The highest BCUT2D eigenvalue weighted by Crippen LogP contribution is 2.29. The van der Waals surface area contributed by atoms with E-state index in [2.05, 4.69) is 15.3 Å². The van der Waals surface area contributed by atoms with Gasteiger partial charge in [-0.25, -0.2) is 9.97 Å². The second kappa shape index (κ2) is 6.04. The van der Waals surface area contributed by atoms with Crippen molar-refractivity contribution >= 4 is 45.9 Å². The lowest BCUT2D eigenvalue weighted by molar-refractivity contribution is -0.137. The summed E-state index contributed by atoms with van der Waals surface area (Å²) in [6.07, 6.45) is 2.02. The Morgan fingerprint density at radius 1 is 1.32 bits per heavy atom. The number of hydrogen-bond donors (Lipinski definition) is 2. The fourth-order valence-electron chi connectivity index (χ4n) is 1.68. The van der Waals surface area contributed by atoms with E-state index in [0.717, 1.165) is 5.39 Å². The maximum Gasteiger partial charge on any atom is 0.303 e. The van der Waals surface area contributed by atoms with Crippen LogP contribution >= 0.6 is 23.2 Å². The average Bonchev–Trinajstić information content (AvgIpc) is 2.34. The van der Waals surface area contributed by atoms with Crippen molar-refractivity contribution in [3.63, 3.8) is 0 Å². The summed E-state index contributed by atoms with van der Waals surface area (Å²) in [6.45, 7) is 0.503. The number of nitrogens with one attached hydrogen (secondary N) is 1. The molecule has 0 unspecified atom stereocenters. The van der Waals surface area contributed by atoms with Gasteiger partial charge in [-0.15, -0.1) is 0 Å². The monoisotopic (exact) mass is 299 g/mol. The highest BCUT2D eigenvalue weighted by atomic mass is 35.5. The third-order valence-electron chi connectivity index (χ3n) is 2.52. The molecule has 0 spiro atoms. The van der Waals surface area contributed by atoms with Crippen LogP contribution in [-0.2, 0) is 4.79 Å². The summed E-state index contributed by atoms with van der Waals surface area (Å²) < 4.78 is 0. The van der Waals surface area contributed by atoms with Crippen LogP contribution in [0.3, 0.4) is 0 Å². The molecule has 2 aromatic rings. The Morgan fingerprint density at radius 3 is 2.84 bits per heavy atom. The molecule has 5 nitrogen and oxygen atoms in total. The quantitative estimate of drug-likeness (QED) is 0.829. The van der Waals surface area contributed by atoms with Crippen molar-refractivity contribution in [2.75, 3.05) is 11.9 Å². The highest BCUT2D eigenvalue weighted by Gasteiger charge is 2.08. The number of halogens is 2. The lowest BCUT2D eigenvalue weighted by Gasteiger charge is -2.08. The second-order valence-corrected chi connectivity index (χ2v) is 4.77. The number of aliphatic carboxylic acids is 1. The van der Waals surface area contributed by atoms with Crippen LogP contribution in [0.25, 0.3) is 10.9 Å². The summed E-state index contributed by atoms with van der Waals surface area (Å²) in [7, 11) is 0. The largest absolute Gasteiger partial charge is 0.481 e. The summed E-state index contributed by atoms with van der Waals surface area (Å²) in [5.74, 6) is -0.222. The van der Waals surface area contributed by atoms with Gasteiger partial charge in [0.05, 0.1) is 10.5 Å². The molecule has 19 heavy (non-hydrogen) atoms. The van der Waals surface area contributed by atoms with Crippen LogP contribution in [0.2, 0.25) is 10.0 Å². The summed E-state index contributed by atoms with van der Waals surface area (Å²) in [5, 5.41) is 13.3. The molecule has 1 aromatic heterocycles. The third kappa shape index (κ3) is 3.45. The first-order valence-corrected chi connectivity index (χ1v) is 6.39. The minimum absolute atomic E-state index is 0.109. The van der Waals surface area contributed by atoms with E-state index >= 15 is 0 Å². The molecular weight excluding hydrogens is 289 g/mol. The van der Waals surface area contributed by atoms with E-state index in [9.17, 15) is 4.79 Å². The molecule has 0 fully saturated rings. The second-order valence-electron chi connectivity index (χ2n) is 3.93. The van der Waals surface area contributed by atoms with Crippen LogP contribution in [-0.4, -0.2) is 27.6 Å². The number of carbonyl (C=O) groups is 1. The number of anilines is 1. The fourth-order valence-corrected chi connectivity index (χ4v) is 2.22. The molecule has 100 valence electrons. The Kier molecular flexibility index (Phi) is 4.39. The van der Waals surface area contributed by atoms with Gasteiger partial charge < -0.3 is 10.4 Å². The minimum atomic E-state index is -0.819. The molecule has 1 aromatic carbocycles. The van der Waals surface area contributed by atoms with Gasteiger partial charge in [-0.2, -0.15) is 0 Å². The first-order valence-electron chi connectivity index (χ1n) is 5.63. The van der Waals surface area contributed by atoms with Crippen molar-refractivity contribution in [2.24, 2.45) is 0 Å². The van der Waals surface area contributed by atoms with Gasteiger partial charge in [-0.3, -0.25) is 4.79 Å². The van der Waals surface area contributed by atoms with E-state index in [4.69, 9.17) is 28.3 Å². The Balaban J connectivity index is 2.21. The predicted octanol–water partition coefficient (Wildman–Crippen LogP) is 3.21. The Morgan fingerprint density at radius 2 is 2.11 bits per heavy atom. The van der Waals surface area contributed by atoms with Gasteiger partial charge in [0, 0.05) is 23.4 Å². The van der Waals surface area contributed by atoms with E-state index < -0.39 is 5.97 Å². The molecule has 0 saturated heterocycles. The van der Waals surface area contributed by atoms with Crippen LogP contribution in [0.4, 0.5) is 5.82 Å². The zero-order valence-electron chi connectivity index (χ0n) is 9.86. The third-order valence-corrected chi connectivity index (χ3v) is 3.02. The van der Waals surface area contributed by atoms with Crippen LogP contribution in [0, 0.1) is 0 Å². The van der Waals surface area contributed by atoms with Crippen molar-refractivity contribution in [3.05, 3.63) is 28.5 Å².